The number of carbonyl (C=O) groups is 2. The number of thioether (sulfide) groups is 1. The second kappa shape index (κ2) is 5.22. The quantitative estimate of drug-likeness (QED) is 0.923. The highest BCUT2D eigenvalue weighted by Crippen LogP contribution is 2.35. The zero-order valence-electron chi connectivity index (χ0n) is 11.4. The molecule has 0 atom stereocenters. The van der Waals surface area contributed by atoms with Crippen molar-refractivity contribution in [2.75, 3.05) is 0 Å². The van der Waals surface area contributed by atoms with Crippen molar-refractivity contribution < 1.29 is 9.59 Å². The number of hydrogen-bond acceptors (Lipinski definition) is 4. The van der Waals surface area contributed by atoms with Crippen molar-refractivity contribution in [3.63, 3.8) is 0 Å². The Morgan fingerprint density at radius 3 is 2.05 bits per heavy atom. The number of allylic oxidation sites excluding steroid dienone is 2. The summed E-state index contributed by atoms with van der Waals surface area (Å²) in [5.74, 6) is -0.465. The van der Waals surface area contributed by atoms with Crippen LogP contribution in [0.1, 0.15) is 26.3 Å². The van der Waals surface area contributed by atoms with Crippen LogP contribution < -0.4 is 5.73 Å². The molecule has 0 saturated carbocycles. The summed E-state index contributed by atoms with van der Waals surface area (Å²) in [5, 5.41) is 0. The minimum atomic E-state index is -0.278. The first kappa shape index (κ1) is 13.6. The summed E-state index contributed by atoms with van der Waals surface area (Å²) in [6, 6.07) is 14.5. The first-order chi connectivity index (χ1) is 10.1. The van der Waals surface area contributed by atoms with Gasteiger partial charge < -0.3 is 5.73 Å². The van der Waals surface area contributed by atoms with Crippen LogP contribution in [0.4, 0.5) is 0 Å². The number of benzene rings is 2. The monoisotopic (exact) mass is 295 g/mol. The highest BCUT2D eigenvalue weighted by molar-refractivity contribution is 8.04. The van der Waals surface area contributed by atoms with Crippen molar-refractivity contribution in [3.05, 3.63) is 75.8 Å². The molecule has 0 aromatic heterocycles. The zero-order valence-corrected chi connectivity index (χ0v) is 12.2. The van der Waals surface area contributed by atoms with Gasteiger partial charge in [0.2, 0.25) is 11.6 Å². The standard InChI is InChI=1S/C17H13NO2S/c1-10-6-8-11(9-7-10)21-17-14(18)15(19)12-4-2-3-5-13(12)16(17)20/h2-9H,18H2,1H3. The first-order valence-electron chi connectivity index (χ1n) is 6.50. The lowest BCUT2D eigenvalue weighted by molar-refractivity contribution is 0.0980. The molecule has 3 rings (SSSR count). The van der Waals surface area contributed by atoms with E-state index in [-0.39, 0.29) is 17.3 Å². The van der Waals surface area contributed by atoms with E-state index in [9.17, 15) is 9.59 Å². The smallest absolute Gasteiger partial charge is 0.210 e. The first-order valence-corrected chi connectivity index (χ1v) is 7.32. The molecule has 0 amide bonds. The predicted molar refractivity (Wildman–Crippen MR) is 83.4 cm³/mol. The molecule has 0 fully saturated rings. The van der Waals surface area contributed by atoms with Gasteiger partial charge in [-0.05, 0) is 19.1 Å². The third kappa shape index (κ3) is 2.38. The molecule has 21 heavy (non-hydrogen) atoms. The molecule has 0 saturated heterocycles. The maximum atomic E-state index is 12.5. The number of aryl methyl sites for hydroxylation is 1. The van der Waals surface area contributed by atoms with Gasteiger partial charge in [0.15, 0.2) is 0 Å². The van der Waals surface area contributed by atoms with E-state index in [1.54, 1.807) is 24.3 Å². The molecular weight excluding hydrogens is 282 g/mol. The fourth-order valence-corrected chi connectivity index (χ4v) is 3.11. The third-order valence-electron chi connectivity index (χ3n) is 3.35. The van der Waals surface area contributed by atoms with Crippen molar-refractivity contribution >= 4 is 23.3 Å². The zero-order chi connectivity index (χ0) is 15.0. The normalized spacial score (nSPS) is 14.3. The average molecular weight is 295 g/mol. The number of ketones is 2. The van der Waals surface area contributed by atoms with E-state index in [1.165, 1.54) is 11.8 Å². The Bertz CT molecular complexity index is 776. The number of fused-ring (bicyclic) bond motifs is 1. The number of Topliss-reactive ketones (excluding diaryl/α,β-unsaturated/α-hetero) is 2. The molecule has 0 radical (unpaired) electrons. The molecule has 2 aromatic rings. The summed E-state index contributed by atoms with van der Waals surface area (Å²) in [6.45, 7) is 1.99. The maximum absolute atomic E-state index is 12.5. The molecule has 4 heteroatoms. The summed E-state index contributed by atoms with van der Waals surface area (Å²) in [6.07, 6.45) is 0. The van der Waals surface area contributed by atoms with Gasteiger partial charge in [-0.15, -0.1) is 0 Å². The second-order valence-corrected chi connectivity index (χ2v) is 5.95. The lowest BCUT2D eigenvalue weighted by atomic mass is 9.93. The predicted octanol–water partition coefficient (Wildman–Crippen LogP) is 3.34. The van der Waals surface area contributed by atoms with Crippen LogP contribution in [0, 0.1) is 6.92 Å². The Hall–Kier alpha value is -2.33. The summed E-state index contributed by atoms with van der Waals surface area (Å²) >= 11 is 1.24. The van der Waals surface area contributed by atoms with Crippen LogP contribution in [-0.4, -0.2) is 11.6 Å². The average Bonchev–Trinajstić information content (AvgIpc) is 2.51. The molecular formula is C17H13NO2S. The molecule has 1 aliphatic carbocycles. The molecule has 0 bridgehead atoms. The molecule has 2 aromatic carbocycles. The van der Waals surface area contributed by atoms with Gasteiger partial charge in [0.05, 0.1) is 10.6 Å². The van der Waals surface area contributed by atoms with E-state index in [0.717, 1.165) is 10.5 Å². The third-order valence-corrected chi connectivity index (χ3v) is 4.47. The molecule has 0 heterocycles. The molecule has 3 nitrogen and oxygen atoms in total. The number of hydrogen-bond donors (Lipinski definition) is 1. The Morgan fingerprint density at radius 1 is 0.857 bits per heavy atom. The van der Waals surface area contributed by atoms with E-state index in [2.05, 4.69) is 0 Å². The largest absolute Gasteiger partial charge is 0.395 e. The fraction of sp³-hybridized carbons (Fsp3) is 0.0588. The molecule has 0 aliphatic heterocycles. The van der Waals surface area contributed by atoms with Crippen molar-refractivity contribution in [1.82, 2.24) is 0 Å². The van der Waals surface area contributed by atoms with E-state index in [4.69, 9.17) is 5.73 Å². The topological polar surface area (TPSA) is 60.2 Å². The van der Waals surface area contributed by atoms with Gasteiger partial charge in [-0.3, -0.25) is 9.59 Å². The Kier molecular flexibility index (Phi) is 3.39. The van der Waals surface area contributed by atoms with E-state index >= 15 is 0 Å². The number of nitrogens with two attached hydrogens (primary N) is 1. The van der Waals surface area contributed by atoms with Gasteiger partial charge in [-0.25, -0.2) is 0 Å². The SMILES string of the molecule is Cc1ccc(SC2=C(N)C(=O)c3ccccc3C2=O)cc1. The van der Waals surface area contributed by atoms with E-state index in [1.807, 2.05) is 31.2 Å². The van der Waals surface area contributed by atoms with Crippen molar-refractivity contribution in [1.29, 1.82) is 0 Å². The molecule has 0 unspecified atom stereocenters. The second-order valence-electron chi connectivity index (χ2n) is 4.86. The van der Waals surface area contributed by atoms with Gasteiger partial charge in [0, 0.05) is 16.0 Å². The molecule has 1 aliphatic rings. The maximum Gasteiger partial charge on any atom is 0.210 e. The fourth-order valence-electron chi connectivity index (χ4n) is 2.20. The van der Waals surface area contributed by atoms with Crippen LogP contribution in [0.25, 0.3) is 0 Å². The van der Waals surface area contributed by atoms with E-state index in [0.29, 0.717) is 16.0 Å². The minimum Gasteiger partial charge on any atom is -0.395 e. The highest BCUT2D eigenvalue weighted by Gasteiger charge is 2.30. The summed E-state index contributed by atoms with van der Waals surface area (Å²) in [5.41, 5.74) is 7.87. The van der Waals surface area contributed by atoms with Crippen LogP contribution in [0.15, 0.2) is 64.0 Å². The lowest BCUT2D eigenvalue weighted by Gasteiger charge is -2.18. The van der Waals surface area contributed by atoms with Crippen LogP contribution in [-0.2, 0) is 0 Å². The molecule has 104 valence electrons. The van der Waals surface area contributed by atoms with Gasteiger partial charge in [0.25, 0.3) is 0 Å². The van der Waals surface area contributed by atoms with Gasteiger partial charge in [-0.1, -0.05) is 53.7 Å². The lowest BCUT2D eigenvalue weighted by Crippen LogP contribution is -2.25. The summed E-state index contributed by atoms with van der Waals surface area (Å²) < 4.78 is 0. The number of carbonyl (C=O) groups excluding carboxylic acids is 2. The van der Waals surface area contributed by atoms with E-state index < -0.39 is 0 Å². The van der Waals surface area contributed by atoms with Crippen molar-refractivity contribution in [2.24, 2.45) is 5.73 Å². The molecule has 2 N–H and O–H groups in total. The van der Waals surface area contributed by atoms with Crippen molar-refractivity contribution in [2.45, 2.75) is 11.8 Å². The van der Waals surface area contributed by atoms with Crippen LogP contribution >= 0.6 is 11.8 Å². The number of rotatable bonds is 2. The Morgan fingerprint density at radius 2 is 1.43 bits per heavy atom. The summed E-state index contributed by atoms with van der Waals surface area (Å²) in [4.78, 5) is 26.0. The van der Waals surface area contributed by atoms with Crippen molar-refractivity contribution in [3.8, 4) is 0 Å². The van der Waals surface area contributed by atoms with Gasteiger partial charge in [-0.2, -0.15) is 0 Å². The van der Waals surface area contributed by atoms with Crippen LogP contribution in [0.5, 0.6) is 0 Å². The van der Waals surface area contributed by atoms with Crippen LogP contribution in [0.2, 0.25) is 0 Å². The minimum absolute atomic E-state index is 0.0317. The van der Waals surface area contributed by atoms with Gasteiger partial charge >= 0.3 is 0 Å². The highest BCUT2D eigenvalue weighted by atomic mass is 32.2. The van der Waals surface area contributed by atoms with Crippen LogP contribution in [0.3, 0.4) is 0 Å². The Labute approximate surface area is 126 Å². The Balaban J connectivity index is 2.02. The summed E-state index contributed by atoms with van der Waals surface area (Å²) in [7, 11) is 0. The molecule has 0 spiro atoms. The van der Waals surface area contributed by atoms with Gasteiger partial charge in [0.1, 0.15) is 0 Å².